The van der Waals surface area contributed by atoms with E-state index in [1.165, 1.54) is 11.9 Å². The number of anilines is 2. The fourth-order valence-electron chi connectivity index (χ4n) is 2.72. The summed E-state index contributed by atoms with van der Waals surface area (Å²) in [4.78, 5) is 8.67. The fraction of sp³-hybridized carbons (Fsp3) is 0.105. The minimum atomic E-state index is 0.552. The minimum Gasteiger partial charge on any atom is -0.350 e. The molecule has 0 atom stereocenters. The topological polar surface area (TPSA) is 63.8 Å². The molecule has 2 heterocycles. The molecule has 0 saturated heterocycles. The number of aromatic nitrogens is 3. The molecule has 0 aliphatic rings. The van der Waals surface area contributed by atoms with Gasteiger partial charge in [0, 0.05) is 11.3 Å². The molecule has 1 N–H and O–H groups in total. The lowest BCUT2D eigenvalue weighted by molar-refractivity contribution is 0.459. The molecule has 0 saturated carbocycles. The van der Waals surface area contributed by atoms with Crippen LogP contribution >= 0.6 is 0 Å². The number of aryl methyl sites for hydroxylation is 2. The average molecular weight is 316 g/mol. The van der Waals surface area contributed by atoms with Gasteiger partial charge in [-0.3, -0.25) is 0 Å². The van der Waals surface area contributed by atoms with Crippen molar-refractivity contribution in [3.05, 3.63) is 66.0 Å². The molecule has 0 bridgehead atoms. The summed E-state index contributed by atoms with van der Waals surface area (Å²) < 4.78 is 5.53. The van der Waals surface area contributed by atoms with Crippen LogP contribution in [0, 0.1) is 13.8 Å². The molecule has 4 aromatic rings. The highest BCUT2D eigenvalue weighted by atomic mass is 16.5. The molecule has 5 heteroatoms. The maximum Gasteiger partial charge on any atom is 0.228 e. The maximum absolute atomic E-state index is 5.53. The molecule has 0 aliphatic carbocycles. The third-order valence-electron chi connectivity index (χ3n) is 3.94. The van der Waals surface area contributed by atoms with Gasteiger partial charge in [-0.15, -0.1) is 0 Å². The van der Waals surface area contributed by atoms with Crippen molar-refractivity contribution in [2.24, 2.45) is 0 Å². The summed E-state index contributed by atoms with van der Waals surface area (Å²) in [6, 6.07) is 16.1. The average Bonchev–Trinajstić information content (AvgIpc) is 3.03. The molecular formula is C19H16N4O. The fourth-order valence-corrected chi connectivity index (χ4v) is 2.72. The monoisotopic (exact) mass is 316 g/mol. The zero-order chi connectivity index (χ0) is 16.5. The van der Waals surface area contributed by atoms with E-state index in [1.54, 1.807) is 0 Å². The van der Waals surface area contributed by atoms with Gasteiger partial charge in [0.2, 0.25) is 5.58 Å². The Kier molecular flexibility index (Phi) is 3.46. The van der Waals surface area contributed by atoms with E-state index in [0.29, 0.717) is 16.9 Å². The van der Waals surface area contributed by atoms with Crippen LogP contribution in [0.1, 0.15) is 11.1 Å². The lowest BCUT2D eigenvalue weighted by Gasteiger charge is -2.09. The van der Waals surface area contributed by atoms with E-state index in [-0.39, 0.29) is 0 Å². The van der Waals surface area contributed by atoms with Gasteiger partial charge >= 0.3 is 0 Å². The number of nitrogens with zero attached hydrogens (tertiary/aromatic N) is 3. The van der Waals surface area contributed by atoms with Crippen LogP contribution in [0.15, 0.2) is 59.4 Å². The number of rotatable bonds is 3. The predicted molar refractivity (Wildman–Crippen MR) is 94.2 cm³/mol. The predicted octanol–water partition coefficient (Wildman–Crippen LogP) is 4.65. The summed E-state index contributed by atoms with van der Waals surface area (Å²) in [5.74, 6) is 0.613. The van der Waals surface area contributed by atoms with Gasteiger partial charge in [0.15, 0.2) is 5.82 Å². The summed E-state index contributed by atoms with van der Waals surface area (Å²) in [5.41, 5.74) is 6.28. The summed E-state index contributed by atoms with van der Waals surface area (Å²) >= 11 is 0. The van der Waals surface area contributed by atoms with Crippen LogP contribution in [-0.2, 0) is 0 Å². The van der Waals surface area contributed by atoms with Crippen molar-refractivity contribution in [2.75, 3.05) is 5.32 Å². The lowest BCUT2D eigenvalue weighted by atomic mass is 10.1. The first kappa shape index (κ1) is 14.4. The largest absolute Gasteiger partial charge is 0.350 e. The first-order chi connectivity index (χ1) is 11.7. The van der Waals surface area contributed by atoms with Gasteiger partial charge in [0.05, 0.1) is 0 Å². The van der Waals surface area contributed by atoms with Gasteiger partial charge in [0.1, 0.15) is 17.5 Å². The molecule has 0 fully saturated rings. The van der Waals surface area contributed by atoms with Gasteiger partial charge in [-0.25, -0.2) is 9.97 Å². The van der Waals surface area contributed by atoms with E-state index in [9.17, 15) is 0 Å². The highest BCUT2D eigenvalue weighted by Gasteiger charge is 2.16. The Hall–Kier alpha value is -3.21. The lowest BCUT2D eigenvalue weighted by Crippen LogP contribution is -1.97. The van der Waals surface area contributed by atoms with Crippen molar-refractivity contribution in [2.45, 2.75) is 13.8 Å². The number of hydrogen-bond acceptors (Lipinski definition) is 5. The van der Waals surface area contributed by atoms with Crippen LogP contribution < -0.4 is 5.32 Å². The Morgan fingerprint density at radius 2 is 1.79 bits per heavy atom. The smallest absolute Gasteiger partial charge is 0.228 e. The minimum absolute atomic E-state index is 0.552. The van der Waals surface area contributed by atoms with Gasteiger partial charge in [0.25, 0.3) is 0 Å². The van der Waals surface area contributed by atoms with Gasteiger partial charge in [-0.1, -0.05) is 53.2 Å². The van der Waals surface area contributed by atoms with Crippen LogP contribution in [-0.4, -0.2) is 15.1 Å². The van der Waals surface area contributed by atoms with Crippen LogP contribution in [0.5, 0.6) is 0 Å². The molecule has 2 aromatic carbocycles. The van der Waals surface area contributed by atoms with Crippen LogP contribution in [0.25, 0.3) is 22.4 Å². The zero-order valence-electron chi connectivity index (χ0n) is 13.4. The van der Waals surface area contributed by atoms with Crippen LogP contribution in [0.3, 0.4) is 0 Å². The standard InChI is InChI=1S/C19H16N4O/c1-12-8-9-15(13(2)10-12)22-19-18-17(20-11-21-19)16(23-24-18)14-6-4-3-5-7-14/h3-11H,1-2H3,(H,20,21,22). The highest BCUT2D eigenvalue weighted by molar-refractivity contribution is 5.94. The van der Waals surface area contributed by atoms with E-state index in [0.717, 1.165) is 22.5 Å². The van der Waals surface area contributed by atoms with Gasteiger partial charge in [-0.05, 0) is 25.5 Å². The Morgan fingerprint density at radius 3 is 2.58 bits per heavy atom. The normalized spacial score (nSPS) is 10.9. The van der Waals surface area contributed by atoms with E-state index < -0.39 is 0 Å². The maximum atomic E-state index is 5.53. The molecule has 24 heavy (non-hydrogen) atoms. The molecule has 4 rings (SSSR count). The van der Waals surface area contributed by atoms with Crippen molar-refractivity contribution in [1.29, 1.82) is 0 Å². The molecule has 5 nitrogen and oxygen atoms in total. The van der Waals surface area contributed by atoms with Gasteiger partial charge < -0.3 is 9.84 Å². The summed E-state index contributed by atoms with van der Waals surface area (Å²) in [6.07, 6.45) is 1.53. The first-order valence-corrected chi connectivity index (χ1v) is 7.72. The van der Waals surface area contributed by atoms with Crippen molar-refractivity contribution >= 4 is 22.6 Å². The molecule has 0 unspecified atom stereocenters. The molecular weight excluding hydrogens is 300 g/mol. The molecule has 0 radical (unpaired) electrons. The van der Waals surface area contributed by atoms with Crippen LogP contribution in [0.4, 0.5) is 11.5 Å². The van der Waals surface area contributed by atoms with Crippen molar-refractivity contribution in [3.8, 4) is 11.3 Å². The Morgan fingerprint density at radius 1 is 0.958 bits per heavy atom. The Labute approximate surface area is 139 Å². The zero-order valence-corrected chi connectivity index (χ0v) is 13.4. The Balaban J connectivity index is 1.79. The third kappa shape index (κ3) is 2.50. The second-order valence-corrected chi connectivity index (χ2v) is 5.74. The highest BCUT2D eigenvalue weighted by Crippen LogP contribution is 2.31. The third-order valence-corrected chi connectivity index (χ3v) is 3.94. The second-order valence-electron chi connectivity index (χ2n) is 5.74. The summed E-state index contributed by atoms with van der Waals surface area (Å²) in [7, 11) is 0. The molecule has 0 aliphatic heterocycles. The van der Waals surface area contributed by atoms with Gasteiger partial charge in [-0.2, -0.15) is 0 Å². The number of benzene rings is 2. The van der Waals surface area contributed by atoms with E-state index in [4.69, 9.17) is 4.52 Å². The second kappa shape index (κ2) is 5.77. The Bertz CT molecular complexity index is 1010. The number of hydrogen-bond donors (Lipinski definition) is 1. The SMILES string of the molecule is Cc1ccc(Nc2ncnc3c(-c4ccccc4)noc23)c(C)c1. The van der Waals surface area contributed by atoms with E-state index in [2.05, 4.69) is 46.4 Å². The molecule has 118 valence electrons. The quantitative estimate of drug-likeness (QED) is 0.596. The van der Waals surface area contributed by atoms with E-state index >= 15 is 0 Å². The van der Waals surface area contributed by atoms with Crippen molar-refractivity contribution in [3.63, 3.8) is 0 Å². The summed E-state index contributed by atoms with van der Waals surface area (Å²) in [5, 5.41) is 7.51. The van der Waals surface area contributed by atoms with Crippen molar-refractivity contribution in [1.82, 2.24) is 15.1 Å². The molecule has 0 amide bonds. The number of fused-ring (bicyclic) bond motifs is 1. The van der Waals surface area contributed by atoms with Crippen LogP contribution in [0.2, 0.25) is 0 Å². The molecule has 2 aromatic heterocycles. The van der Waals surface area contributed by atoms with Crippen molar-refractivity contribution < 1.29 is 4.52 Å². The summed E-state index contributed by atoms with van der Waals surface area (Å²) in [6.45, 7) is 4.13. The number of nitrogens with one attached hydrogen (secondary N) is 1. The molecule has 0 spiro atoms. The first-order valence-electron chi connectivity index (χ1n) is 7.72. The van der Waals surface area contributed by atoms with E-state index in [1.807, 2.05) is 36.4 Å².